The van der Waals surface area contributed by atoms with E-state index in [0.717, 1.165) is 12.1 Å². The summed E-state index contributed by atoms with van der Waals surface area (Å²) in [6.07, 6.45) is 1.12. The van der Waals surface area contributed by atoms with Crippen LogP contribution in [0.25, 0.3) is 0 Å². The van der Waals surface area contributed by atoms with Gasteiger partial charge in [-0.15, -0.1) is 0 Å². The number of hydrogen-bond acceptors (Lipinski definition) is 2. The summed E-state index contributed by atoms with van der Waals surface area (Å²) in [6, 6.07) is 7.99. The number of carbonyl (C=O) groups excluding carboxylic acids is 1. The molecule has 0 heterocycles. The summed E-state index contributed by atoms with van der Waals surface area (Å²) in [6.45, 7) is 6.91. The van der Waals surface area contributed by atoms with Gasteiger partial charge in [0.15, 0.2) is 0 Å². The van der Waals surface area contributed by atoms with E-state index in [2.05, 4.69) is 31.3 Å². The van der Waals surface area contributed by atoms with Crippen molar-refractivity contribution in [2.45, 2.75) is 33.1 Å². The largest absolute Gasteiger partial charge is 0.372 e. The Morgan fingerprint density at radius 2 is 1.94 bits per heavy atom. The molecule has 17 heavy (non-hydrogen) atoms. The molecule has 0 bridgehead atoms. The molecule has 1 atom stereocenters. The number of carbonyl (C=O) groups is 1. The summed E-state index contributed by atoms with van der Waals surface area (Å²) < 4.78 is 5.03. The lowest BCUT2D eigenvalue weighted by molar-refractivity contribution is -0.120. The van der Waals surface area contributed by atoms with Crippen LogP contribution in [0.15, 0.2) is 24.3 Å². The Balaban J connectivity index is 2.53. The fourth-order valence-electron chi connectivity index (χ4n) is 1.52. The minimum Gasteiger partial charge on any atom is -0.372 e. The molecule has 1 aromatic carbocycles. The topological polar surface area (TPSA) is 38.3 Å². The van der Waals surface area contributed by atoms with E-state index < -0.39 is 0 Å². The van der Waals surface area contributed by atoms with Crippen LogP contribution < -0.4 is 5.32 Å². The molecule has 3 nitrogen and oxygen atoms in total. The van der Waals surface area contributed by atoms with Crippen molar-refractivity contribution in [3.05, 3.63) is 29.8 Å². The van der Waals surface area contributed by atoms with Crippen LogP contribution in [0.5, 0.6) is 0 Å². The van der Waals surface area contributed by atoms with Gasteiger partial charge in [-0.2, -0.15) is 0 Å². The summed E-state index contributed by atoms with van der Waals surface area (Å²) in [5.74, 6) is 0.450. The molecule has 0 aliphatic heterocycles. The third-order valence-corrected chi connectivity index (χ3v) is 2.81. The monoisotopic (exact) mass is 235 g/mol. The van der Waals surface area contributed by atoms with Crippen LogP contribution in [0.3, 0.4) is 0 Å². The lowest BCUT2D eigenvalue weighted by Crippen LogP contribution is -2.18. The average molecular weight is 235 g/mol. The Morgan fingerprint density at radius 1 is 1.29 bits per heavy atom. The van der Waals surface area contributed by atoms with Crippen molar-refractivity contribution in [2.75, 3.05) is 18.5 Å². The van der Waals surface area contributed by atoms with Gasteiger partial charge in [-0.1, -0.05) is 26.0 Å². The van der Waals surface area contributed by atoms with Crippen molar-refractivity contribution in [1.82, 2.24) is 0 Å². The first-order chi connectivity index (χ1) is 8.17. The second-order valence-corrected chi connectivity index (χ2v) is 4.12. The highest BCUT2D eigenvalue weighted by Gasteiger charge is 2.04. The quantitative estimate of drug-likeness (QED) is 0.822. The van der Waals surface area contributed by atoms with E-state index in [-0.39, 0.29) is 12.5 Å². The van der Waals surface area contributed by atoms with E-state index in [1.54, 1.807) is 0 Å². The van der Waals surface area contributed by atoms with Crippen LogP contribution in [0, 0.1) is 0 Å². The van der Waals surface area contributed by atoms with E-state index in [9.17, 15) is 4.79 Å². The smallest absolute Gasteiger partial charge is 0.250 e. The predicted molar refractivity (Wildman–Crippen MR) is 70.3 cm³/mol. The van der Waals surface area contributed by atoms with Crippen molar-refractivity contribution in [3.8, 4) is 0 Å². The number of anilines is 1. The number of nitrogens with one attached hydrogen (secondary N) is 1. The maximum atomic E-state index is 11.4. The van der Waals surface area contributed by atoms with Crippen LogP contribution >= 0.6 is 0 Å². The molecular formula is C14H21NO2. The molecule has 1 rings (SSSR count). The fraction of sp³-hybridized carbons (Fsp3) is 0.500. The molecule has 1 unspecified atom stereocenters. The van der Waals surface area contributed by atoms with Gasteiger partial charge in [-0.05, 0) is 37.0 Å². The normalized spacial score (nSPS) is 12.2. The maximum Gasteiger partial charge on any atom is 0.250 e. The molecule has 0 saturated carbocycles. The SMILES string of the molecule is CCOCC(=O)Nc1ccc(C(C)CC)cc1. The lowest BCUT2D eigenvalue weighted by Gasteiger charge is -2.10. The Bertz CT molecular complexity index is 346. The van der Waals surface area contributed by atoms with Gasteiger partial charge in [-0.3, -0.25) is 4.79 Å². The molecule has 0 aliphatic carbocycles. The Morgan fingerprint density at radius 3 is 2.47 bits per heavy atom. The van der Waals surface area contributed by atoms with Gasteiger partial charge in [0.1, 0.15) is 6.61 Å². The number of amides is 1. The van der Waals surface area contributed by atoms with Crippen LogP contribution in [-0.2, 0) is 9.53 Å². The van der Waals surface area contributed by atoms with Crippen LogP contribution in [-0.4, -0.2) is 19.1 Å². The highest BCUT2D eigenvalue weighted by atomic mass is 16.5. The molecule has 0 aromatic heterocycles. The molecule has 0 aliphatic rings. The second-order valence-electron chi connectivity index (χ2n) is 4.12. The fourth-order valence-corrected chi connectivity index (χ4v) is 1.52. The summed E-state index contributed by atoms with van der Waals surface area (Å²) in [5, 5.41) is 2.80. The zero-order chi connectivity index (χ0) is 12.7. The van der Waals surface area contributed by atoms with Crippen LogP contribution in [0.4, 0.5) is 5.69 Å². The molecule has 0 saturated heterocycles. The Kier molecular flexibility index (Phi) is 5.70. The molecule has 3 heteroatoms. The van der Waals surface area contributed by atoms with Crippen LogP contribution in [0.1, 0.15) is 38.7 Å². The van der Waals surface area contributed by atoms with Gasteiger partial charge in [0.25, 0.3) is 0 Å². The molecule has 1 amide bonds. The van der Waals surface area contributed by atoms with E-state index in [1.165, 1.54) is 5.56 Å². The minimum absolute atomic E-state index is 0.108. The zero-order valence-corrected chi connectivity index (χ0v) is 10.8. The van der Waals surface area contributed by atoms with Crippen molar-refractivity contribution < 1.29 is 9.53 Å². The van der Waals surface area contributed by atoms with E-state index in [4.69, 9.17) is 4.74 Å². The Labute approximate surface area is 103 Å². The van der Waals surface area contributed by atoms with E-state index in [1.807, 2.05) is 19.1 Å². The highest BCUT2D eigenvalue weighted by molar-refractivity contribution is 5.91. The van der Waals surface area contributed by atoms with E-state index >= 15 is 0 Å². The maximum absolute atomic E-state index is 11.4. The number of hydrogen-bond donors (Lipinski definition) is 1. The summed E-state index contributed by atoms with van der Waals surface area (Å²) in [5.41, 5.74) is 2.12. The third kappa shape index (κ3) is 4.57. The number of rotatable bonds is 6. The summed E-state index contributed by atoms with van der Waals surface area (Å²) in [7, 11) is 0. The van der Waals surface area contributed by atoms with Gasteiger partial charge in [0, 0.05) is 12.3 Å². The first kappa shape index (κ1) is 13.7. The van der Waals surface area contributed by atoms with Gasteiger partial charge < -0.3 is 10.1 Å². The van der Waals surface area contributed by atoms with Crippen molar-refractivity contribution in [1.29, 1.82) is 0 Å². The first-order valence-corrected chi connectivity index (χ1v) is 6.14. The standard InChI is InChI=1S/C14H21NO2/c1-4-11(3)12-6-8-13(9-7-12)15-14(16)10-17-5-2/h6-9,11H,4-5,10H2,1-3H3,(H,15,16). The summed E-state index contributed by atoms with van der Waals surface area (Å²) >= 11 is 0. The van der Waals surface area contributed by atoms with E-state index in [0.29, 0.717) is 12.5 Å². The van der Waals surface area contributed by atoms with Crippen molar-refractivity contribution in [3.63, 3.8) is 0 Å². The van der Waals surface area contributed by atoms with Gasteiger partial charge in [0.2, 0.25) is 5.91 Å². The second kappa shape index (κ2) is 7.07. The molecule has 0 fully saturated rings. The van der Waals surface area contributed by atoms with Crippen molar-refractivity contribution in [2.24, 2.45) is 0 Å². The average Bonchev–Trinajstić information content (AvgIpc) is 2.36. The molecular weight excluding hydrogens is 214 g/mol. The van der Waals surface area contributed by atoms with Gasteiger partial charge >= 0.3 is 0 Å². The summed E-state index contributed by atoms with van der Waals surface area (Å²) in [4.78, 5) is 11.4. The Hall–Kier alpha value is -1.35. The molecule has 0 spiro atoms. The van der Waals surface area contributed by atoms with Gasteiger partial charge in [0.05, 0.1) is 0 Å². The van der Waals surface area contributed by atoms with Crippen LogP contribution in [0.2, 0.25) is 0 Å². The van der Waals surface area contributed by atoms with Gasteiger partial charge in [-0.25, -0.2) is 0 Å². The highest BCUT2D eigenvalue weighted by Crippen LogP contribution is 2.20. The molecule has 94 valence electrons. The zero-order valence-electron chi connectivity index (χ0n) is 10.8. The minimum atomic E-state index is -0.108. The number of ether oxygens (including phenoxy) is 1. The molecule has 0 radical (unpaired) electrons. The first-order valence-electron chi connectivity index (χ1n) is 6.14. The predicted octanol–water partition coefficient (Wildman–Crippen LogP) is 3.18. The lowest BCUT2D eigenvalue weighted by atomic mass is 9.99. The third-order valence-electron chi connectivity index (χ3n) is 2.81. The molecule has 1 N–H and O–H groups in total. The number of benzene rings is 1. The van der Waals surface area contributed by atoms with Crippen molar-refractivity contribution >= 4 is 11.6 Å². The molecule has 1 aromatic rings.